The van der Waals surface area contributed by atoms with Crippen molar-refractivity contribution in [2.45, 2.75) is 19.8 Å². The van der Waals surface area contributed by atoms with E-state index in [9.17, 15) is 0 Å². The van der Waals surface area contributed by atoms with Gasteiger partial charge in [0.25, 0.3) is 0 Å². The number of nitrogens with one attached hydrogen (secondary N) is 1. The summed E-state index contributed by atoms with van der Waals surface area (Å²) in [5.41, 5.74) is 5.32. The SMILES string of the molecule is CCCc1ccc(C(=N)N)s1. The average molecular weight is 168 g/mol. The van der Waals surface area contributed by atoms with Gasteiger partial charge in [0.05, 0.1) is 4.88 Å². The second kappa shape index (κ2) is 3.53. The zero-order chi connectivity index (χ0) is 8.27. The maximum Gasteiger partial charge on any atom is 0.133 e. The number of hydrogen-bond donors (Lipinski definition) is 2. The van der Waals surface area contributed by atoms with Gasteiger partial charge in [0.2, 0.25) is 0 Å². The van der Waals surface area contributed by atoms with Crippen molar-refractivity contribution in [3.63, 3.8) is 0 Å². The van der Waals surface area contributed by atoms with E-state index in [1.807, 2.05) is 12.1 Å². The molecule has 0 aliphatic rings. The highest BCUT2D eigenvalue weighted by Crippen LogP contribution is 2.16. The first kappa shape index (κ1) is 8.27. The zero-order valence-electron chi connectivity index (χ0n) is 6.55. The zero-order valence-corrected chi connectivity index (χ0v) is 7.37. The molecule has 0 aliphatic carbocycles. The quantitative estimate of drug-likeness (QED) is 0.526. The summed E-state index contributed by atoms with van der Waals surface area (Å²) in [6.45, 7) is 2.15. The van der Waals surface area contributed by atoms with Crippen LogP contribution in [0.3, 0.4) is 0 Å². The van der Waals surface area contributed by atoms with E-state index < -0.39 is 0 Å². The van der Waals surface area contributed by atoms with E-state index in [1.54, 1.807) is 11.3 Å². The van der Waals surface area contributed by atoms with Crippen LogP contribution in [-0.2, 0) is 6.42 Å². The summed E-state index contributed by atoms with van der Waals surface area (Å²) < 4.78 is 0. The van der Waals surface area contributed by atoms with E-state index in [0.717, 1.165) is 17.7 Å². The molecule has 0 aromatic carbocycles. The molecule has 0 bridgehead atoms. The topological polar surface area (TPSA) is 49.9 Å². The maximum absolute atomic E-state index is 7.17. The minimum atomic E-state index is 0.178. The molecule has 0 aliphatic heterocycles. The summed E-state index contributed by atoms with van der Waals surface area (Å²) in [5.74, 6) is 0.178. The van der Waals surface area contributed by atoms with Crippen LogP contribution in [0, 0.1) is 5.41 Å². The molecule has 2 nitrogen and oxygen atoms in total. The first-order valence-electron chi connectivity index (χ1n) is 3.67. The number of rotatable bonds is 3. The molecule has 0 unspecified atom stereocenters. The number of amidine groups is 1. The van der Waals surface area contributed by atoms with Crippen LogP contribution in [0.2, 0.25) is 0 Å². The smallest absolute Gasteiger partial charge is 0.133 e. The number of hydrogen-bond acceptors (Lipinski definition) is 2. The second-order valence-corrected chi connectivity index (χ2v) is 3.60. The van der Waals surface area contributed by atoms with Crippen molar-refractivity contribution in [3.05, 3.63) is 21.9 Å². The van der Waals surface area contributed by atoms with Crippen molar-refractivity contribution in [1.82, 2.24) is 0 Å². The maximum atomic E-state index is 7.17. The van der Waals surface area contributed by atoms with Crippen LogP contribution in [0.5, 0.6) is 0 Å². The molecule has 1 aromatic rings. The third kappa shape index (κ3) is 2.05. The fourth-order valence-corrected chi connectivity index (χ4v) is 1.87. The normalized spacial score (nSPS) is 9.91. The highest BCUT2D eigenvalue weighted by molar-refractivity contribution is 7.14. The van der Waals surface area contributed by atoms with Crippen LogP contribution in [0.25, 0.3) is 0 Å². The van der Waals surface area contributed by atoms with Crippen molar-refractivity contribution < 1.29 is 0 Å². The van der Waals surface area contributed by atoms with E-state index in [1.165, 1.54) is 4.88 Å². The Morgan fingerprint density at radius 2 is 2.36 bits per heavy atom. The lowest BCUT2D eigenvalue weighted by atomic mass is 10.3. The van der Waals surface area contributed by atoms with Crippen LogP contribution >= 0.6 is 11.3 Å². The first-order valence-corrected chi connectivity index (χ1v) is 4.48. The van der Waals surface area contributed by atoms with Gasteiger partial charge in [-0.1, -0.05) is 13.3 Å². The lowest BCUT2D eigenvalue weighted by Crippen LogP contribution is -2.08. The van der Waals surface area contributed by atoms with Gasteiger partial charge in [-0.3, -0.25) is 5.41 Å². The van der Waals surface area contributed by atoms with Gasteiger partial charge < -0.3 is 5.73 Å². The van der Waals surface area contributed by atoms with Gasteiger partial charge in [0.1, 0.15) is 5.84 Å². The predicted octanol–water partition coefficient (Wildman–Crippen LogP) is 1.98. The summed E-state index contributed by atoms with van der Waals surface area (Å²) in [5, 5.41) is 7.17. The van der Waals surface area contributed by atoms with Gasteiger partial charge in [0.15, 0.2) is 0 Å². The molecule has 0 spiro atoms. The number of aryl methyl sites for hydroxylation is 1. The summed E-state index contributed by atoms with van der Waals surface area (Å²) in [6, 6.07) is 3.96. The van der Waals surface area contributed by atoms with Crippen LogP contribution in [0.4, 0.5) is 0 Å². The van der Waals surface area contributed by atoms with E-state index in [0.29, 0.717) is 0 Å². The fraction of sp³-hybridized carbons (Fsp3) is 0.375. The van der Waals surface area contributed by atoms with Gasteiger partial charge >= 0.3 is 0 Å². The molecule has 3 heteroatoms. The summed E-state index contributed by atoms with van der Waals surface area (Å²) in [6.07, 6.45) is 2.25. The van der Waals surface area contributed by atoms with Gasteiger partial charge in [0, 0.05) is 4.88 Å². The Labute approximate surface area is 70.6 Å². The van der Waals surface area contributed by atoms with E-state index in [4.69, 9.17) is 11.1 Å². The molecule has 11 heavy (non-hydrogen) atoms. The van der Waals surface area contributed by atoms with Crippen molar-refractivity contribution in [2.75, 3.05) is 0 Å². The molecule has 0 saturated heterocycles. The van der Waals surface area contributed by atoms with Crippen LogP contribution in [-0.4, -0.2) is 5.84 Å². The van der Waals surface area contributed by atoms with E-state index >= 15 is 0 Å². The second-order valence-electron chi connectivity index (χ2n) is 2.43. The predicted molar refractivity (Wildman–Crippen MR) is 49.3 cm³/mol. The molecule has 60 valence electrons. The minimum absolute atomic E-state index is 0.178. The molecule has 0 saturated carbocycles. The Morgan fingerprint density at radius 3 is 2.82 bits per heavy atom. The van der Waals surface area contributed by atoms with Crippen LogP contribution in [0.1, 0.15) is 23.1 Å². The summed E-state index contributed by atoms with van der Waals surface area (Å²) in [4.78, 5) is 2.20. The molecular weight excluding hydrogens is 156 g/mol. The van der Waals surface area contributed by atoms with Crippen molar-refractivity contribution in [2.24, 2.45) is 5.73 Å². The molecule has 0 atom stereocenters. The minimum Gasteiger partial charge on any atom is -0.383 e. The Balaban J connectivity index is 2.73. The van der Waals surface area contributed by atoms with E-state index in [2.05, 4.69) is 6.92 Å². The molecule has 3 N–H and O–H groups in total. The average Bonchev–Trinajstić information content (AvgIpc) is 2.37. The molecule has 0 radical (unpaired) electrons. The molecule has 0 fully saturated rings. The number of thiophene rings is 1. The van der Waals surface area contributed by atoms with Gasteiger partial charge in [-0.25, -0.2) is 0 Å². The Morgan fingerprint density at radius 1 is 1.64 bits per heavy atom. The van der Waals surface area contributed by atoms with Gasteiger partial charge in [-0.15, -0.1) is 11.3 Å². The first-order chi connectivity index (χ1) is 5.24. The van der Waals surface area contributed by atoms with Crippen LogP contribution < -0.4 is 5.73 Å². The molecule has 1 heterocycles. The van der Waals surface area contributed by atoms with Crippen molar-refractivity contribution >= 4 is 17.2 Å². The monoisotopic (exact) mass is 168 g/mol. The van der Waals surface area contributed by atoms with Crippen molar-refractivity contribution in [1.29, 1.82) is 5.41 Å². The Hall–Kier alpha value is -0.830. The van der Waals surface area contributed by atoms with Gasteiger partial charge in [-0.05, 0) is 18.6 Å². The number of nitrogens with two attached hydrogens (primary N) is 1. The highest BCUT2D eigenvalue weighted by Gasteiger charge is 2.00. The van der Waals surface area contributed by atoms with Crippen molar-refractivity contribution in [3.8, 4) is 0 Å². The summed E-state index contributed by atoms with van der Waals surface area (Å²) in [7, 11) is 0. The standard InChI is InChI=1S/C8H12N2S/c1-2-3-6-4-5-7(11-6)8(9)10/h4-5H,2-3H2,1H3,(H3,9,10). The lowest BCUT2D eigenvalue weighted by molar-refractivity contribution is 0.940. The summed E-state index contributed by atoms with van der Waals surface area (Å²) >= 11 is 1.62. The third-order valence-corrected chi connectivity index (χ3v) is 2.60. The molecular formula is C8H12N2S. The fourth-order valence-electron chi connectivity index (χ4n) is 0.903. The lowest BCUT2D eigenvalue weighted by Gasteiger charge is -1.89. The Bertz CT molecular complexity index is 252. The third-order valence-electron chi connectivity index (χ3n) is 1.42. The van der Waals surface area contributed by atoms with Crippen LogP contribution in [0.15, 0.2) is 12.1 Å². The Kier molecular flexibility index (Phi) is 2.65. The highest BCUT2D eigenvalue weighted by atomic mass is 32.1. The van der Waals surface area contributed by atoms with Gasteiger partial charge in [-0.2, -0.15) is 0 Å². The molecule has 0 amide bonds. The number of nitrogen functional groups attached to an aromatic ring is 1. The molecule has 1 rings (SSSR count). The van der Waals surface area contributed by atoms with E-state index in [-0.39, 0.29) is 5.84 Å². The molecule has 1 aromatic heterocycles. The largest absolute Gasteiger partial charge is 0.383 e.